The van der Waals surface area contributed by atoms with Gasteiger partial charge >= 0.3 is 0 Å². The average Bonchev–Trinajstić information content (AvgIpc) is 2.58. The van der Waals surface area contributed by atoms with Gasteiger partial charge in [0.2, 0.25) is 5.91 Å². The molecule has 0 unspecified atom stereocenters. The summed E-state index contributed by atoms with van der Waals surface area (Å²) in [5.41, 5.74) is 0.206. The number of nitrogens with zero attached hydrogens (tertiary/aromatic N) is 1. The van der Waals surface area contributed by atoms with Crippen LogP contribution in [0.3, 0.4) is 0 Å². The molecule has 2 rings (SSSR count). The Labute approximate surface area is 92.1 Å². The second kappa shape index (κ2) is 3.43. The molecule has 5 nitrogen and oxygen atoms in total. The minimum atomic E-state index is -4.33. The molecule has 0 saturated heterocycles. The minimum Gasteiger partial charge on any atom is -0.286 e. The summed E-state index contributed by atoms with van der Waals surface area (Å²) in [5.74, 6) is -0.314. The average molecular weight is 239 g/mol. The van der Waals surface area contributed by atoms with Crippen molar-refractivity contribution in [1.29, 1.82) is 0 Å². The molecule has 0 saturated carbocycles. The van der Waals surface area contributed by atoms with Crippen LogP contribution < -0.4 is 0 Å². The van der Waals surface area contributed by atoms with E-state index in [1.54, 1.807) is 12.1 Å². The van der Waals surface area contributed by atoms with Crippen LogP contribution in [0.1, 0.15) is 11.7 Å². The molecule has 1 N–H and O–H groups in total. The topological polar surface area (TPSA) is 76.4 Å². The normalized spacial score (nSPS) is 11.9. The minimum absolute atomic E-state index is 0.206. The molecule has 0 bridgehead atoms. The van der Waals surface area contributed by atoms with Crippen LogP contribution in [0.15, 0.2) is 35.4 Å². The van der Waals surface area contributed by atoms with Gasteiger partial charge in [-0.1, -0.05) is 12.1 Å². The summed E-state index contributed by atoms with van der Waals surface area (Å²) in [5, 5.41) is 0.588. The first-order valence-corrected chi connectivity index (χ1v) is 5.94. The molecule has 84 valence electrons. The Kier molecular flexibility index (Phi) is 2.32. The fraction of sp³-hybridized carbons (Fsp3) is 0.100. The van der Waals surface area contributed by atoms with Crippen LogP contribution in [0.5, 0.6) is 0 Å². The highest BCUT2D eigenvalue weighted by molar-refractivity contribution is 7.86. The first-order valence-electron chi connectivity index (χ1n) is 4.50. The van der Waals surface area contributed by atoms with E-state index in [9.17, 15) is 13.2 Å². The molecule has 2 aromatic rings. The van der Waals surface area contributed by atoms with E-state index in [4.69, 9.17) is 4.55 Å². The van der Waals surface area contributed by atoms with Gasteiger partial charge in [-0.05, 0) is 12.1 Å². The fourth-order valence-electron chi connectivity index (χ4n) is 1.63. The van der Waals surface area contributed by atoms with E-state index < -0.39 is 10.1 Å². The molecule has 1 heterocycles. The van der Waals surface area contributed by atoms with Gasteiger partial charge in [0, 0.05) is 18.5 Å². The van der Waals surface area contributed by atoms with Gasteiger partial charge in [-0.2, -0.15) is 8.42 Å². The third-order valence-electron chi connectivity index (χ3n) is 2.29. The van der Waals surface area contributed by atoms with Gasteiger partial charge in [0.25, 0.3) is 10.1 Å². The largest absolute Gasteiger partial charge is 0.296 e. The molecule has 0 spiro atoms. The lowest BCUT2D eigenvalue weighted by molar-refractivity contribution is 0.0941. The van der Waals surface area contributed by atoms with Gasteiger partial charge in [-0.15, -0.1) is 0 Å². The van der Waals surface area contributed by atoms with E-state index in [1.165, 1.54) is 29.8 Å². The van der Waals surface area contributed by atoms with Crippen molar-refractivity contribution in [2.24, 2.45) is 0 Å². The van der Waals surface area contributed by atoms with E-state index in [1.807, 2.05) is 0 Å². The third-order valence-corrected chi connectivity index (χ3v) is 3.18. The third kappa shape index (κ3) is 1.62. The zero-order valence-electron chi connectivity index (χ0n) is 8.41. The highest BCUT2D eigenvalue weighted by atomic mass is 32.2. The number of hydrogen-bond acceptors (Lipinski definition) is 3. The second-order valence-corrected chi connectivity index (χ2v) is 4.76. The number of fused-ring (bicyclic) bond motifs is 1. The van der Waals surface area contributed by atoms with Crippen LogP contribution in [-0.2, 0) is 10.1 Å². The molecule has 0 aliphatic rings. The molecule has 0 fully saturated rings. The number of para-hydroxylation sites is 1. The van der Waals surface area contributed by atoms with Gasteiger partial charge in [0.15, 0.2) is 0 Å². The Bertz CT molecular complexity index is 669. The van der Waals surface area contributed by atoms with E-state index in [-0.39, 0.29) is 16.3 Å². The highest BCUT2D eigenvalue weighted by Crippen LogP contribution is 2.23. The predicted octanol–water partition coefficient (Wildman–Crippen LogP) is 1.55. The van der Waals surface area contributed by atoms with Gasteiger partial charge in [-0.25, -0.2) is 0 Å². The summed E-state index contributed by atoms with van der Waals surface area (Å²) in [6.45, 7) is 1.32. The molecule has 0 amide bonds. The molecule has 1 aromatic heterocycles. The van der Waals surface area contributed by atoms with Crippen molar-refractivity contribution in [3.63, 3.8) is 0 Å². The number of carbonyl (C=O) groups excluding carboxylic acids is 1. The molecule has 0 aliphatic carbocycles. The Hall–Kier alpha value is -1.66. The Balaban J connectivity index is 2.95. The second-order valence-electron chi connectivity index (χ2n) is 3.37. The maximum Gasteiger partial charge on any atom is 0.296 e. The maximum absolute atomic E-state index is 11.3. The quantitative estimate of drug-likeness (QED) is 0.766. The van der Waals surface area contributed by atoms with Gasteiger partial charge in [0.1, 0.15) is 4.90 Å². The number of benzene rings is 1. The summed E-state index contributed by atoms with van der Waals surface area (Å²) in [6.07, 6.45) is 1.47. The highest BCUT2D eigenvalue weighted by Gasteiger charge is 2.17. The van der Waals surface area contributed by atoms with Crippen molar-refractivity contribution in [2.45, 2.75) is 11.8 Å². The fourth-order valence-corrected chi connectivity index (χ4v) is 2.34. The maximum atomic E-state index is 11.3. The number of carbonyl (C=O) groups is 1. The van der Waals surface area contributed by atoms with Gasteiger partial charge in [0.05, 0.1) is 5.52 Å². The van der Waals surface area contributed by atoms with Crippen LogP contribution in [0, 0.1) is 0 Å². The van der Waals surface area contributed by atoms with Crippen molar-refractivity contribution >= 4 is 26.9 Å². The molecular formula is C10H9NO4S. The zero-order valence-corrected chi connectivity index (χ0v) is 9.23. The van der Waals surface area contributed by atoms with Crippen molar-refractivity contribution in [3.05, 3.63) is 30.5 Å². The summed E-state index contributed by atoms with van der Waals surface area (Å²) in [4.78, 5) is 11.0. The molecule has 6 heteroatoms. The van der Waals surface area contributed by atoms with Crippen LogP contribution >= 0.6 is 0 Å². The van der Waals surface area contributed by atoms with Crippen molar-refractivity contribution in [1.82, 2.24) is 4.57 Å². The number of rotatable bonds is 1. The Morgan fingerprint density at radius 1 is 1.31 bits per heavy atom. The smallest absolute Gasteiger partial charge is 0.286 e. The van der Waals surface area contributed by atoms with E-state index in [2.05, 4.69) is 0 Å². The number of aromatic nitrogens is 1. The first-order chi connectivity index (χ1) is 7.41. The first kappa shape index (κ1) is 10.8. The van der Waals surface area contributed by atoms with E-state index in [0.717, 1.165) is 0 Å². The zero-order chi connectivity index (χ0) is 11.9. The summed E-state index contributed by atoms with van der Waals surface area (Å²) < 4.78 is 32.6. The van der Waals surface area contributed by atoms with Gasteiger partial charge in [-0.3, -0.25) is 13.9 Å². The molecular weight excluding hydrogens is 230 g/mol. The molecule has 16 heavy (non-hydrogen) atoms. The van der Waals surface area contributed by atoms with Crippen molar-refractivity contribution in [2.75, 3.05) is 0 Å². The SMILES string of the molecule is CC(=O)n1ccc2cccc(S(=O)(=O)O)c21. The van der Waals surface area contributed by atoms with Crippen LogP contribution in [0.2, 0.25) is 0 Å². The van der Waals surface area contributed by atoms with Crippen LogP contribution in [0.4, 0.5) is 0 Å². The monoisotopic (exact) mass is 239 g/mol. The lowest BCUT2D eigenvalue weighted by Gasteiger charge is -2.04. The van der Waals surface area contributed by atoms with E-state index >= 15 is 0 Å². The van der Waals surface area contributed by atoms with Crippen LogP contribution in [-0.4, -0.2) is 23.4 Å². The van der Waals surface area contributed by atoms with Crippen molar-refractivity contribution < 1.29 is 17.8 Å². The standard InChI is InChI=1S/C10H9NO4S/c1-7(12)11-6-5-8-3-2-4-9(10(8)11)16(13,14)15/h2-6H,1H3,(H,13,14,15). The lowest BCUT2D eigenvalue weighted by atomic mass is 10.2. The van der Waals surface area contributed by atoms with Crippen molar-refractivity contribution in [3.8, 4) is 0 Å². The summed E-state index contributed by atoms with van der Waals surface area (Å²) in [6, 6.07) is 6.06. The Morgan fingerprint density at radius 3 is 2.56 bits per heavy atom. The Morgan fingerprint density at radius 2 is 2.00 bits per heavy atom. The molecule has 0 radical (unpaired) electrons. The lowest BCUT2D eigenvalue weighted by Crippen LogP contribution is -2.07. The van der Waals surface area contributed by atoms with Crippen LogP contribution in [0.25, 0.3) is 10.9 Å². The molecule has 0 aliphatic heterocycles. The number of hydrogen-bond donors (Lipinski definition) is 1. The summed E-state index contributed by atoms with van der Waals surface area (Å²) >= 11 is 0. The summed E-state index contributed by atoms with van der Waals surface area (Å²) in [7, 11) is -4.33. The molecule has 0 atom stereocenters. The van der Waals surface area contributed by atoms with E-state index in [0.29, 0.717) is 5.39 Å². The molecule has 1 aromatic carbocycles. The predicted molar refractivity (Wildman–Crippen MR) is 58.1 cm³/mol. The van der Waals surface area contributed by atoms with Gasteiger partial charge < -0.3 is 0 Å².